The van der Waals surface area contributed by atoms with E-state index < -0.39 is 21.7 Å². The van der Waals surface area contributed by atoms with Crippen molar-refractivity contribution in [1.29, 1.82) is 0 Å². The van der Waals surface area contributed by atoms with Crippen LogP contribution in [0.5, 0.6) is 0 Å². The highest BCUT2D eigenvalue weighted by molar-refractivity contribution is 8.00. The largest absolute Gasteiger partial charge is 0.416 e. The summed E-state index contributed by atoms with van der Waals surface area (Å²) in [6.07, 6.45) is -1.13. The summed E-state index contributed by atoms with van der Waals surface area (Å²) in [5.41, 5.74) is -0.0112. The van der Waals surface area contributed by atoms with E-state index in [-0.39, 0.29) is 0 Å². The molecule has 1 rings (SSSR count). The molecule has 0 amide bonds. The van der Waals surface area contributed by atoms with Crippen molar-refractivity contribution in [2.45, 2.75) is 11.9 Å². The maximum Gasteiger partial charge on any atom is 0.416 e. The van der Waals surface area contributed by atoms with Gasteiger partial charge < -0.3 is 0 Å². The van der Waals surface area contributed by atoms with Crippen molar-refractivity contribution in [3.05, 3.63) is 35.4 Å². The first-order valence-corrected chi connectivity index (χ1v) is 6.81. The maximum absolute atomic E-state index is 12.2. The third-order valence-corrected chi connectivity index (χ3v) is 2.82. The van der Waals surface area contributed by atoms with Crippen LogP contribution < -0.4 is 0 Å². The Morgan fingerprint density at radius 2 is 1.60 bits per heavy atom. The zero-order chi connectivity index (χ0) is 11.7. The molecule has 15 heavy (non-hydrogen) atoms. The lowest BCUT2D eigenvalue weighted by atomic mass is 10.1. The van der Waals surface area contributed by atoms with Crippen LogP contribution in [0.4, 0.5) is 13.2 Å². The molecule has 84 valence electrons. The highest BCUT2D eigenvalue weighted by atomic mass is 32.2. The van der Waals surface area contributed by atoms with Crippen LogP contribution in [0.1, 0.15) is 11.1 Å². The number of alkyl halides is 3. The number of rotatable bonds is 2. The van der Waals surface area contributed by atoms with Crippen LogP contribution >= 0.6 is 0 Å². The SMILES string of the molecule is C[S+](C)(=O)Cc1ccc(C(F)(F)F)cc1. The summed E-state index contributed by atoms with van der Waals surface area (Å²) in [7, 11) is -1.96. The summed E-state index contributed by atoms with van der Waals surface area (Å²) in [6.45, 7) is 0. The molecule has 0 aromatic heterocycles. The van der Waals surface area contributed by atoms with Gasteiger partial charge in [0, 0.05) is 5.56 Å². The van der Waals surface area contributed by atoms with Gasteiger partial charge in [0.2, 0.25) is 0 Å². The number of benzene rings is 1. The number of hydrogen-bond donors (Lipinski definition) is 0. The lowest BCUT2D eigenvalue weighted by Gasteiger charge is -2.07. The number of hydrogen-bond acceptors (Lipinski definition) is 1. The van der Waals surface area contributed by atoms with E-state index in [4.69, 9.17) is 0 Å². The van der Waals surface area contributed by atoms with E-state index in [0.29, 0.717) is 11.3 Å². The third-order valence-electron chi connectivity index (χ3n) is 1.80. The second kappa shape index (κ2) is 3.96. The van der Waals surface area contributed by atoms with E-state index in [0.717, 1.165) is 12.1 Å². The molecule has 0 aliphatic carbocycles. The summed E-state index contributed by atoms with van der Waals surface area (Å²) < 4.78 is 48.0. The van der Waals surface area contributed by atoms with Crippen molar-refractivity contribution in [3.8, 4) is 0 Å². The molecule has 0 aliphatic heterocycles. The van der Waals surface area contributed by atoms with Crippen LogP contribution in [0.2, 0.25) is 0 Å². The average molecular weight is 237 g/mol. The van der Waals surface area contributed by atoms with Crippen molar-refractivity contribution in [3.63, 3.8) is 0 Å². The van der Waals surface area contributed by atoms with Crippen molar-refractivity contribution in [2.24, 2.45) is 0 Å². The first-order chi connectivity index (χ1) is 6.68. The van der Waals surface area contributed by atoms with E-state index in [2.05, 4.69) is 0 Å². The number of halogens is 3. The van der Waals surface area contributed by atoms with E-state index in [9.17, 15) is 17.4 Å². The predicted molar refractivity (Wildman–Crippen MR) is 55.0 cm³/mol. The van der Waals surface area contributed by atoms with Crippen LogP contribution in [0, 0.1) is 0 Å². The lowest BCUT2D eigenvalue weighted by molar-refractivity contribution is -0.137. The summed E-state index contributed by atoms with van der Waals surface area (Å²) in [6, 6.07) is 4.77. The minimum atomic E-state index is -4.31. The van der Waals surface area contributed by atoms with Gasteiger partial charge in [-0.3, -0.25) is 0 Å². The minimum absolute atomic E-state index is 0.311. The van der Waals surface area contributed by atoms with Crippen LogP contribution in [0.25, 0.3) is 0 Å². The molecule has 0 unspecified atom stereocenters. The first-order valence-electron chi connectivity index (χ1n) is 4.26. The van der Waals surface area contributed by atoms with Gasteiger partial charge in [0.25, 0.3) is 0 Å². The van der Waals surface area contributed by atoms with Gasteiger partial charge >= 0.3 is 6.18 Å². The van der Waals surface area contributed by atoms with Gasteiger partial charge in [-0.2, -0.15) is 13.2 Å². The third kappa shape index (κ3) is 4.03. The average Bonchev–Trinajstić information content (AvgIpc) is 2.00. The first kappa shape index (κ1) is 12.2. The Morgan fingerprint density at radius 3 is 1.93 bits per heavy atom. The van der Waals surface area contributed by atoms with Crippen LogP contribution in [0.3, 0.4) is 0 Å². The Balaban J connectivity index is 2.87. The zero-order valence-electron chi connectivity index (χ0n) is 8.47. The van der Waals surface area contributed by atoms with Gasteiger partial charge in [-0.1, -0.05) is 12.1 Å². The molecule has 0 heterocycles. The molecule has 0 aliphatic rings. The smallest absolute Gasteiger partial charge is 0.166 e. The minimum Gasteiger partial charge on any atom is -0.166 e. The Kier molecular flexibility index (Phi) is 3.23. The van der Waals surface area contributed by atoms with Gasteiger partial charge in [-0.15, -0.1) is 4.21 Å². The molecule has 1 aromatic carbocycles. The second-order valence-corrected chi connectivity index (χ2v) is 6.94. The normalized spacial score (nSPS) is 12.9. The predicted octanol–water partition coefficient (Wildman–Crippen LogP) is 2.96. The van der Waals surface area contributed by atoms with Crippen molar-refractivity contribution in [1.82, 2.24) is 0 Å². The van der Waals surface area contributed by atoms with Crippen molar-refractivity contribution < 1.29 is 17.4 Å². The van der Waals surface area contributed by atoms with Crippen molar-refractivity contribution >= 4 is 9.93 Å². The molecule has 0 bridgehead atoms. The fourth-order valence-corrected chi connectivity index (χ4v) is 2.19. The molecule has 0 N–H and O–H groups in total. The molecule has 0 atom stereocenters. The topological polar surface area (TPSA) is 17.1 Å². The van der Waals surface area contributed by atoms with Gasteiger partial charge in [-0.05, 0) is 12.1 Å². The van der Waals surface area contributed by atoms with Gasteiger partial charge in [0.1, 0.15) is 18.3 Å². The Bertz CT molecular complexity index is 375. The molecular formula is C10H12F3OS+. The molecular weight excluding hydrogens is 225 g/mol. The van der Waals surface area contributed by atoms with Crippen LogP contribution in [-0.2, 0) is 26.1 Å². The summed E-state index contributed by atoms with van der Waals surface area (Å²) >= 11 is 0. The quantitative estimate of drug-likeness (QED) is 0.723. The van der Waals surface area contributed by atoms with Crippen LogP contribution in [0.15, 0.2) is 24.3 Å². The molecule has 1 aromatic rings. The molecule has 1 nitrogen and oxygen atoms in total. The summed E-state index contributed by atoms with van der Waals surface area (Å²) in [5.74, 6) is 0.311. The Hall–Kier alpha value is -0.840. The lowest BCUT2D eigenvalue weighted by Crippen LogP contribution is -2.09. The summed E-state index contributed by atoms with van der Waals surface area (Å²) in [4.78, 5) is 0. The summed E-state index contributed by atoms with van der Waals surface area (Å²) in [5, 5.41) is 0. The Morgan fingerprint density at radius 1 is 1.13 bits per heavy atom. The maximum atomic E-state index is 12.2. The zero-order valence-corrected chi connectivity index (χ0v) is 9.28. The molecule has 0 radical (unpaired) electrons. The van der Waals surface area contributed by atoms with Crippen LogP contribution in [-0.4, -0.2) is 12.5 Å². The van der Waals surface area contributed by atoms with E-state index in [1.165, 1.54) is 12.1 Å². The van der Waals surface area contributed by atoms with E-state index >= 15 is 0 Å². The molecule has 0 saturated carbocycles. The molecule has 0 fully saturated rings. The highest BCUT2D eigenvalue weighted by Crippen LogP contribution is 2.29. The van der Waals surface area contributed by atoms with E-state index in [1.54, 1.807) is 12.5 Å². The standard InChI is InChI=1S/C10H12F3OS/c1-15(2,14)7-8-3-5-9(6-4-8)10(11,12)13/h3-6H,7H2,1-2H3/q+1. The van der Waals surface area contributed by atoms with Crippen molar-refractivity contribution in [2.75, 3.05) is 12.5 Å². The van der Waals surface area contributed by atoms with Gasteiger partial charge in [0.15, 0.2) is 0 Å². The van der Waals surface area contributed by atoms with E-state index in [1.807, 2.05) is 0 Å². The second-order valence-electron chi connectivity index (χ2n) is 3.78. The monoisotopic (exact) mass is 237 g/mol. The molecule has 0 saturated heterocycles. The van der Waals surface area contributed by atoms with Gasteiger partial charge in [-0.25, -0.2) is 0 Å². The Labute approximate surface area is 87.7 Å². The molecule has 0 spiro atoms. The highest BCUT2D eigenvalue weighted by Gasteiger charge is 2.30. The fourth-order valence-electron chi connectivity index (χ4n) is 1.19. The van der Waals surface area contributed by atoms with Gasteiger partial charge in [0.05, 0.1) is 15.5 Å². The fraction of sp³-hybridized carbons (Fsp3) is 0.400. The molecule has 5 heteroatoms.